The maximum Gasteiger partial charge on any atom is 0.259 e. The predicted molar refractivity (Wildman–Crippen MR) is 118 cm³/mol. The third-order valence-electron chi connectivity index (χ3n) is 5.55. The molecule has 0 unspecified atom stereocenters. The highest BCUT2D eigenvalue weighted by Gasteiger charge is 2.25. The van der Waals surface area contributed by atoms with Gasteiger partial charge >= 0.3 is 0 Å². The zero-order chi connectivity index (χ0) is 21.4. The molecule has 1 fully saturated rings. The summed E-state index contributed by atoms with van der Waals surface area (Å²) in [6, 6.07) is 14.8. The van der Waals surface area contributed by atoms with Gasteiger partial charge in [-0.1, -0.05) is 35.3 Å². The van der Waals surface area contributed by atoms with Crippen molar-refractivity contribution in [2.24, 2.45) is 0 Å². The van der Waals surface area contributed by atoms with Gasteiger partial charge in [-0.05, 0) is 56.2 Å². The van der Waals surface area contributed by atoms with Crippen LogP contribution in [0.25, 0.3) is 17.1 Å². The molecule has 1 N–H and O–H groups in total. The summed E-state index contributed by atoms with van der Waals surface area (Å²) in [6.45, 7) is 1.80. The van der Waals surface area contributed by atoms with Crippen LogP contribution in [-0.4, -0.2) is 25.8 Å². The van der Waals surface area contributed by atoms with Crippen LogP contribution >= 0.6 is 11.6 Å². The molecule has 7 nitrogen and oxygen atoms in total. The van der Waals surface area contributed by atoms with Gasteiger partial charge in [0, 0.05) is 17.7 Å². The highest BCUT2D eigenvalue weighted by molar-refractivity contribution is 6.33. The second-order valence-corrected chi connectivity index (χ2v) is 8.04. The summed E-state index contributed by atoms with van der Waals surface area (Å²) in [6.07, 6.45) is 5.16. The number of nitrogens with one attached hydrogen (secondary N) is 1. The van der Waals surface area contributed by atoms with Crippen molar-refractivity contribution in [3.63, 3.8) is 0 Å². The summed E-state index contributed by atoms with van der Waals surface area (Å²) in [5, 5.41) is 11.9. The lowest BCUT2D eigenvalue weighted by Gasteiger charge is -2.20. The molecule has 2 aromatic carbocycles. The van der Waals surface area contributed by atoms with Gasteiger partial charge in [0.2, 0.25) is 11.7 Å². The first-order valence-electron chi connectivity index (χ1n) is 10.1. The largest absolute Gasteiger partial charge is 0.339 e. The second-order valence-electron chi connectivity index (χ2n) is 7.64. The molecule has 31 heavy (non-hydrogen) atoms. The van der Waals surface area contributed by atoms with E-state index in [0.29, 0.717) is 33.7 Å². The molecule has 0 bridgehead atoms. The molecule has 4 aromatic rings. The maximum atomic E-state index is 12.7. The molecule has 0 aliphatic heterocycles. The zero-order valence-corrected chi connectivity index (χ0v) is 17.6. The van der Waals surface area contributed by atoms with Crippen molar-refractivity contribution in [3.05, 3.63) is 76.9 Å². The van der Waals surface area contributed by atoms with Crippen LogP contribution < -0.4 is 5.32 Å². The lowest BCUT2D eigenvalue weighted by molar-refractivity contribution is 0.102. The summed E-state index contributed by atoms with van der Waals surface area (Å²) >= 11 is 6.14. The van der Waals surface area contributed by atoms with Gasteiger partial charge in [-0.3, -0.25) is 4.79 Å². The number of aryl methyl sites for hydroxylation is 1. The molecule has 1 aliphatic carbocycles. The molecular weight excluding hydrogens is 414 g/mol. The third-order valence-corrected chi connectivity index (χ3v) is 5.88. The van der Waals surface area contributed by atoms with Gasteiger partial charge in [0.05, 0.1) is 27.7 Å². The highest BCUT2D eigenvalue weighted by Crippen LogP contribution is 2.36. The van der Waals surface area contributed by atoms with E-state index in [1.54, 1.807) is 29.9 Å². The number of para-hydroxylation sites is 1. The molecule has 156 valence electrons. The Labute approximate surface area is 184 Å². The Bertz CT molecular complexity index is 1240. The van der Waals surface area contributed by atoms with Crippen LogP contribution in [0.4, 0.5) is 5.69 Å². The van der Waals surface area contributed by atoms with Crippen LogP contribution in [0.1, 0.15) is 47.1 Å². The summed E-state index contributed by atoms with van der Waals surface area (Å²) in [5.41, 5.74) is 3.36. The Morgan fingerprint density at radius 2 is 1.94 bits per heavy atom. The Morgan fingerprint density at radius 1 is 1.16 bits per heavy atom. The first-order valence-corrected chi connectivity index (χ1v) is 10.5. The first-order chi connectivity index (χ1) is 15.1. The van der Waals surface area contributed by atoms with Gasteiger partial charge in [0.15, 0.2) is 0 Å². The third kappa shape index (κ3) is 3.84. The Morgan fingerprint density at radius 3 is 2.65 bits per heavy atom. The van der Waals surface area contributed by atoms with Gasteiger partial charge < -0.3 is 9.84 Å². The van der Waals surface area contributed by atoms with Gasteiger partial charge in [-0.2, -0.15) is 10.1 Å². The fourth-order valence-electron chi connectivity index (χ4n) is 3.50. The Hall–Kier alpha value is -3.45. The lowest BCUT2D eigenvalue weighted by atomic mass is 9.85. The van der Waals surface area contributed by atoms with Crippen LogP contribution in [-0.2, 0) is 0 Å². The molecule has 0 spiro atoms. The molecule has 0 saturated heterocycles. The Balaban J connectivity index is 1.34. The molecule has 2 aromatic heterocycles. The van der Waals surface area contributed by atoms with E-state index in [4.69, 9.17) is 16.1 Å². The first kappa shape index (κ1) is 19.5. The fraction of sp³-hybridized carbons (Fsp3) is 0.217. The minimum Gasteiger partial charge on any atom is -0.339 e. The summed E-state index contributed by atoms with van der Waals surface area (Å²) in [5.74, 6) is 1.46. The van der Waals surface area contributed by atoms with Gasteiger partial charge in [-0.25, -0.2) is 4.68 Å². The quantitative estimate of drug-likeness (QED) is 0.455. The zero-order valence-electron chi connectivity index (χ0n) is 16.9. The number of halogens is 1. The number of aromatic nitrogens is 4. The molecule has 1 amide bonds. The number of carbonyl (C=O) groups is 1. The molecule has 2 heterocycles. The van der Waals surface area contributed by atoms with Gasteiger partial charge in [0.25, 0.3) is 5.91 Å². The maximum absolute atomic E-state index is 12.7. The summed E-state index contributed by atoms with van der Waals surface area (Å²) in [7, 11) is 0. The van der Waals surface area contributed by atoms with Crippen molar-refractivity contribution < 1.29 is 9.32 Å². The Kier molecular flexibility index (Phi) is 5.03. The molecule has 5 rings (SSSR count). The van der Waals surface area contributed by atoms with Crippen LogP contribution in [0.15, 0.2) is 59.3 Å². The van der Waals surface area contributed by atoms with Crippen molar-refractivity contribution >= 4 is 23.2 Å². The van der Waals surface area contributed by atoms with Crippen molar-refractivity contribution in [1.82, 2.24) is 19.9 Å². The van der Waals surface area contributed by atoms with Crippen LogP contribution in [0.3, 0.4) is 0 Å². The lowest BCUT2D eigenvalue weighted by Crippen LogP contribution is -2.12. The topological polar surface area (TPSA) is 85.8 Å². The van der Waals surface area contributed by atoms with Crippen molar-refractivity contribution in [2.75, 3.05) is 5.32 Å². The van der Waals surface area contributed by atoms with E-state index in [1.807, 2.05) is 36.4 Å². The van der Waals surface area contributed by atoms with Crippen LogP contribution in [0, 0.1) is 6.92 Å². The molecule has 1 aliphatic rings. The van der Waals surface area contributed by atoms with E-state index < -0.39 is 0 Å². The average Bonchev–Trinajstić information content (AvgIpc) is 3.36. The molecular formula is C23H20ClN5O2. The molecule has 0 radical (unpaired) electrons. The van der Waals surface area contributed by atoms with E-state index in [2.05, 4.69) is 20.6 Å². The SMILES string of the molecule is Cc1nn(-c2ccc(-c3noc(C4CCC4)n3)cc2)cc1C(=O)Nc1ccccc1Cl. The van der Waals surface area contributed by atoms with E-state index in [9.17, 15) is 4.79 Å². The van der Waals surface area contributed by atoms with E-state index >= 15 is 0 Å². The predicted octanol–water partition coefficient (Wildman–Crippen LogP) is 5.40. The number of rotatable bonds is 5. The van der Waals surface area contributed by atoms with E-state index in [0.717, 1.165) is 30.0 Å². The van der Waals surface area contributed by atoms with Crippen molar-refractivity contribution in [2.45, 2.75) is 32.1 Å². The van der Waals surface area contributed by atoms with Gasteiger partial charge in [0.1, 0.15) is 0 Å². The number of hydrogen-bond donors (Lipinski definition) is 1. The number of hydrogen-bond acceptors (Lipinski definition) is 5. The van der Waals surface area contributed by atoms with Gasteiger partial charge in [-0.15, -0.1) is 0 Å². The standard InChI is InChI=1S/C23H20ClN5O2/c1-14-18(22(30)25-20-8-3-2-7-19(20)24)13-29(27-14)17-11-9-15(10-12-17)21-26-23(31-28-21)16-5-4-6-16/h2-3,7-13,16H,4-6H2,1H3,(H,25,30). The van der Waals surface area contributed by atoms with Crippen LogP contribution in [0.5, 0.6) is 0 Å². The fourth-order valence-corrected chi connectivity index (χ4v) is 3.69. The minimum atomic E-state index is -0.260. The number of nitrogens with zero attached hydrogens (tertiary/aromatic N) is 4. The molecule has 0 atom stereocenters. The number of amides is 1. The normalized spacial score (nSPS) is 13.7. The van der Waals surface area contributed by atoms with E-state index in [1.165, 1.54) is 6.42 Å². The summed E-state index contributed by atoms with van der Waals surface area (Å²) < 4.78 is 7.09. The van der Waals surface area contributed by atoms with Crippen molar-refractivity contribution in [3.8, 4) is 17.1 Å². The van der Waals surface area contributed by atoms with E-state index in [-0.39, 0.29) is 5.91 Å². The monoisotopic (exact) mass is 433 g/mol. The molecule has 8 heteroatoms. The highest BCUT2D eigenvalue weighted by atomic mass is 35.5. The van der Waals surface area contributed by atoms with Crippen molar-refractivity contribution in [1.29, 1.82) is 0 Å². The average molecular weight is 434 g/mol. The molecule has 1 saturated carbocycles. The summed E-state index contributed by atoms with van der Waals surface area (Å²) in [4.78, 5) is 17.2. The second kappa shape index (κ2) is 8.00. The minimum absolute atomic E-state index is 0.260. The number of anilines is 1. The number of benzene rings is 2. The van der Waals surface area contributed by atoms with Crippen LogP contribution in [0.2, 0.25) is 5.02 Å². The number of carbonyl (C=O) groups excluding carboxylic acids is 1. The smallest absolute Gasteiger partial charge is 0.259 e.